The first-order chi connectivity index (χ1) is 14.3. The van der Waals surface area contributed by atoms with Crippen LogP contribution in [-0.2, 0) is 0 Å². The lowest BCUT2D eigenvalue weighted by atomic mass is 9.98. The highest BCUT2D eigenvalue weighted by molar-refractivity contribution is 6.14. The van der Waals surface area contributed by atoms with E-state index in [4.69, 9.17) is 14.9 Å². The highest BCUT2D eigenvalue weighted by atomic mass is 16.5. The van der Waals surface area contributed by atoms with E-state index >= 15 is 0 Å². The van der Waals surface area contributed by atoms with E-state index in [9.17, 15) is 0 Å². The lowest BCUT2D eigenvalue weighted by Crippen LogP contribution is -1.87. The maximum absolute atomic E-state index is 7.62. The van der Waals surface area contributed by atoms with Crippen molar-refractivity contribution >= 4 is 32.3 Å². The van der Waals surface area contributed by atoms with E-state index in [2.05, 4.69) is 54.6 Å². The number of para-hydroxylation sites is 1. The van der Waals surface area contributed by atoms with Crippen LogP contribution in [-0.4, -0.2) is 23.4 Å². The van der Waals surface area contributed by atoms with Gasteiger partial charge in [0.05, 0.1) is 13.2 Å². The first-order valence-corrected chi connectivity index (χ1v) is 9.59. The summed E-state index contributed by atoms with van der Waals surface area (Å²) in [7, 11) is 0. The van der Waals surface area contributed by atoms with Crippen molar-refractivity contribution in [2.24, 2.45) is 0 Å². The Morgan fingerprint density at radius 1 is 0.552 bits per heavy atom. The molecule has 29 heavy (non-hydrogen) atoms. The number of benzene rings is 5. The fourth-order valence-corrected chi connectivity index (χ4v) is 3.47. The van der Waals surface area contributed by atoms with Crippen molar-refractivity contribution in [3.8, 4) is 11.5 Å². The number of fused-ring (bicyclic) bond motifs is 4. The smallest absolute Gasteiger partial charge is 0.135 e. The van der Waals surface area contributed by atoms with Crippen LogP contribution in [0.15, 0.2) is 97.1 Å². The molecule has 2 N–H and O–H groups in total. The van der Waals surface area contributed by atoms with Gasteiger partial charge in [-0.3, -0.25) is 0 Å². The summed E-state index contributed by atoms with van der Waals surface area (Å²) in [6, 6.07) is 33.6. The molecule has 144 valence electrons. The molecule has 0 atom stereocenters. The lowest BCUT2D eigenvalue weighted by Gasteiger charge is -2.12. The molecule has 0 radical (unpaired) electrons. The Morgan fingerprint density at radius 2 is 1.17 bits per heavy atom. The molecule has 0 aliphatic heterocycles. The fraction of sp³-hybridized carbons (Fsp3) is 0.0769. The van der Waals surface area contributed by atoms with Crippen LogP contribution in [0.25, 0.3) is 32.3 Å². The van der Waals surface area contributed by atoms with Gasteiger partial charge in [0.25, 0.3) is 0 Å². The van der Waals surface area contributed by atoms with Gasteiger partial charge >= 0.3 is 0 Å². The molecular weight excluding hydrogens is 360 g/mol. The predicted octanol–water partition coefficient (Wildman–Crippen LogP) is 5.91. The predicted molar refractivity (Wildman–Crippen MR) is 120 cm³/mol. The zero-order valence-corrected chi connectivity index (χ0v) is 16.0. The van der Waals surface area contributed by atoms with E-state index in [-0.39, 0.29) is 13.2 Å². The summed E-state index contributed by atoms with van der Waals surface area (Å²) in [5, 5.41) is 22.6. The Bertz CT molecular complexity index is 1240. The monoisotopic (exact) mass is 382 g/mol. The third-order valence-corrected chi connectivity index (χ3v) is 4.76. The van der Waals surface area contributed by atoms with E-state index in [0.717, 1.165) is 16.9 Å². The topological polar surface area (TPSA) is 49.7 Å². The summed E-state index contributed by atoms with van der Waals surface area (Å²) >= 11 is 0. The van der Waals surface area contributed by atoms with Crippen molar-refractivity contribution in [1.29, 1.82) is 0 Å². The van der Waals surface area contributed by atoms with Gasteiger partial charge in [-0.15, -0.1) is 0 Å². The van der Waals surface area contributed by atoms with Crippen LogP contribution in [0.1, 0.15) is 0 Å². The molecule has 5 aromatic rings. The van der Waals surface area contributed by atoms with E-state index in [0.29, 0.717) is 0 Å². The average molecular weight is 382 g/mol. The Hall–Kier alpha value is -3.40. The molecule has 0 saturated carbocycles. The highest BCUT2D eigenvalue weighted by Crippen LogP contribution is 2.37. The van der Waals surface area contributed by atoms with E-state index in [1.54, 1.807) is 0 Å². The molecule has 0 aliphatic carbocycles. The van der Waals surface area contributed by atoms with E-state index in [1.807, 2.05) is 42.5 Å². The minimum atomic E-state index is -0.125. The second-order valence-electron chi connectivity index (χ2n) is 6.70. The van der Waals surface area contributed by atoms with Crippen molar-refractivity contribution in [1.82, 2.24) is 0 Å². The average Bonchev–Trinajstić information content (AvgIpc) is 2.78. The van der Waals surface area contributed by atoms with Crippen LogP contribution in [0.2, 0.25) is 0 Å². The molecule has 5 aromatic carbocycles. The second kappa shape index (κ2) is 8.74. The van der Waals surface area contributed by atoms with Crippen LogP contribution < -0.4 is 4.74 Å². The van der Waals surface area contributed by atoms with Crippen molar-refractivity contribution in [2.45, 2.75) is 0 Å². The fourth-order valence-electron chi connectivity index (χ4n) is 3.47. The molecule has 0 unspecified atom stereocenters. The highest BCUT2D eigenvalue weighted by Gasteiger charge is 2.09. The first kappa shape index (κ1) is 18.9. The van der Waals surface area contributed by atoms with Gasteiger partial charge in [-0.25, -0.2) is 0 Å². The first-order valence-electron chi connectivity index (χ1n) is 9.59. The van der Waals surface area contributed by atoms with Crippen molar-refractivity contribution in [3.05, 3.63) is 97.1 Å². The van der Waals surface area contributed by atoms with Crippen molar-refractivity contribution in [2.75, 3.05) is 13.2 Å². The molecule has 0 heterocycles. The Labute approximate surface area is 169 Å². The molecule has 0 bridgehead atoms. The molecule has 3 nitrogen and oxygen atoms in total. The quantitative estimate of drug-likeness (QED) is 0.301. The van der Waals surface area contributed by atoms with Gasteiger partial charge in [0.2, 0.25) is 0 Å². The molecular formula is C26H22O3. The molecule has 0 aliphatic rings. The second-order valence-corrected chi connectivity index (χ2v) is 6.70. The molecule has 0 saturated heterocycles. The van der Waals surface area contributed by atoms with Gasteiger partial charge < -0.3 is 14.9 Å². The number of aliphatic hydroxyl groups is 2. The normalized spacial score (nSPS) is 10.7. The Balaban J connectivity index is 0.000000472. The van der Waals surface area contributed by atoms with Gasteiger partial charge in [0.15, 0.2) is 0 Å². The van der Waals surface area contributed by atoms with Gasteiger partial charge in [-0.1, -0.05) is 66.7 Å². The molecule has 5 rings (SSSR count). The van der Waals surface area contributed by atoms with Gasteiger partial charge in [-0.05, 0) is 57.3 Å². The Kier molecular flexibility index (Phi) is 5.71. The van der Waals surface area contributed by atoms with Gasteiger partial charge in [0.1, 0.15) is 11.5 Å². The largest absolute Gasteiger partial charge is 0.457 e. The molecule has 3 heteroatoms. The zero-order chi connectivity index (χ0) is 20.1. The number of ether oxygens (including phenoxy) is 1. The van der Waals surface area contributed by atoms with Gasteiger partial charge in [-0.2, -0.15) is 0 Å². The number of hydrogen-bond donors (Lipinski definition) is 2. The Morgan fingerprint density at radius 3 is 1.90 bits per heavy atom. The van der Waals surface area contributed by atoms with Crippen LogP contribution in [0.3, 0.4) is 0 Å². The van der Waals surface area contributed by atoms with Crippen LogP contribution in [0.5, 0.6) is 11.5 Å². The van der Waals surface area contributed by atoms with E-state index in [1.165, 1.54) is 26.9 Å². The molecule has 0 amide bonds. The van der Waals surface area contributed by atoms with E-state index < -0.39 is 0 Å². The van der Waals surface area contributed by atoms with Crippen LogP contribution in [0.4, 0.5) is 0 Å². The van der Waals surface area contributed by atoms with Crippen molar-refractivity contribution < 1.29 is 14.9 Å². The molecule has 0 spiro atoms. The molecule has 0 fully saturated rings. The standard InChI is InChI=1S/C24H16O.C2H6O2/c1-2-10-21(11-3-1)25-23-12-6-9-17-13-14-20-15-18-7-4-5-8-19(18)16-22(20)24(17)23;3-1-2-4/h1-16H;3-4H,1-2H2. The van der Waals surface area contributed by atoms with Crippen LogP contribution in [0, 0.1) is 0 Å². The lowest BCUT2D eigenvalue weighted by molar-refractivity contribution is 0.186. The molecule has 0 aromatic heterocycles. The summed E-state index contributed by atoms with van der Waals surface area (Å²) in [4.78, 5) is 0. The van der Waals surface area contributed by atoms with Crippen LogP contribution >= 0.6 is 0 Å². The minimum Gasteiger partial charge on any atom is -0.457 e. The third-order valence-electron chi connectivity index (χ3n) is 4.76. The number of rotatable bonds is 3. The zero-order valence-electron chi connectivity index (χ0n) is 16.0. The van der Waals surface area contributed by atoms with Gasteiger partial charge in [0, 0.05) is 5.39 Å². The van der Waals surface area contributed by atoms with Crippen molar-refractivity contribution in [3.63, 3.8) is 0 Å². The number of aliphatic hydroxyl groups excluding tert-OH is 2. The summed E-state index contributed by atoms with van der Waals surface area (Å²) in [5.41, 5.74) is 0. The maximum Gasteiger partial charge on any atom is 0.135 e. The summed E-state index contributed by atoms with van der Waals surface area (Å²) < 4.78 is 6.21. The third kappa shape index (κ3) is 4.06. The summed E-state index contributed by atoms with van der Waals surface area (Å²) in [6.45, 7) is -0.250. The maximum atomic E-state index is 7.62. The summed E-state index contributed by atoms with van der Waals surface area (Å²) in [6.07, 6.45) is 0. The SMILES string of the molecule is OCCO.c1ccc(Oc2cccc3ccc4cc5ccccc5cc4c23)cc1. The summed E-state index contributed by atoms with van der Waals surface area (Å²) in [5.74, 6) is 1.75. The minimum absolute atomic E-state index is 0.125. The number of hydrogen-bond acceptors (Lipinski definition) is 3.